The third kappa shape index (κ3) is 5.94. The molecule has 2 rings (SSSR count). The summed E-state index contributed by atoms with van der Waals surface area (Å²) in [7, 11) is 2.00. The van der Waals surface area contributed by atoms with Crippen LogP contribution in [0, 0.1) is 6.92 Å². The first kappa shape index (κ1) is 17.0. The van der Waals surface area contributed by atoms with E-state index >= 15 is 0 Å². The van der Waals surface area contributed by atoms with Gasteiger partial charge in [0, 0.05) is 0 Å². The molecule has 0 fully saturated rings. The van der Waals surface area contributed by atoms with Crippen LogP contribution in [-0.4, -0.2) is 0 Å². The summed E-state index contributed by atoms with van der Waals surface area (Å²) in [4.78, 5) is 0. The van der Waals surface area contributed by atoms with Gasteiger partial charge in [0.05, 0.1) is 0 Å². The first-order valence-corrected chi connectivity index (χ1v) is 8.67. The third-order valence-electron chi connectivity index (χ3n) is 3.27. The van der Waals surface area contributed by atoms with Gasteiger partial charge in [0.25, 0.3) is 0 Å². The molecule has 0 amide bonds. The summed E-state index contributed by atoms with van der Waals surface area (Å²) in [6.45, 7) is 5.90. The number of benzene rings is 2. The molecule has 2 heteroatoms. The van der Waals surface area contributed by atoms with Gasteiger partial charge in [0.1, 0.15) is 0 Å². The van der Waals surface area contributed by atoms with Crippen molar-refractivity contribution in [1.82, 2.24) is 0 Å². The molecule has 20 heavy (non-hydrogen) atoms. The Morgan fingerprint density at radius 3 is 1.80 bits per heavy atom. The van der Waals surface area contributed by atoms with E-state index in [0.717, 1.165) is 12.8 Å². The molecule has 106 valence electrons. The molecule has 0 bridgehead atoms. The topological polar surface area (TPSA) is 0 Å². The Labute approximate surface area is 130 Å². The molecule has 0 spiro atoms. The fourth-order valence-corrected chi connectivity index (χ4v) is 2.07. The van der Waals surface area contributed by atoms with Gasteiger partial charge in [-0.3, -0.25) is 8.44 Å². The van der Waals surface area contributed by atoms with E-state index < -0.39 is 0 Å². The van der Waals surface area contributed by atoms with Gasteiger partial charge < -0.3 is 12.2 Å². The van der Waals surface area contributed by atoms with Gasteiger partial charge in [0.2, 0.25) is 0 Å². The predicted octanol–water partition coefficient (Wildman–Crippen LogP) is 5.14. The van der Waals surface area contributed by atoms with Crippen molar-refractivity contribution >= 4 is 26.8 Å². The van der Waals surface area contributed by atoms with Gasteiger partial charge in [0.15, 0.2) is 0 Å². The van der Waals surface area contributed by atoms with Crippen LogP contribution in [0.15, 0.2) is 55.1 Å². The minimum absolute atomic E-state index is 1.14. The number of hydrogen-bond acceptors (Lipinski definition) is 1. The first-order chi connectivity index (χ1) is 9.78. The fraction of sp³-hybridized carbons (Fsp3) is 0.222. The van der Waals surface area contributed by atoms with E-state index in [9.17, 15) is 0 Å². The van der Waals surface area contributed by atoms with Crippen LogP contribution >= 0.6 is 8.44 Å². The SMILES string of the molecule is C=Cc1ccc(CCCc2ccc(C)cc2)cc1.P[S-]. The van der Waals surface area contributed by atoms with Gasteiger partial charge >= 0.3 is 0 Å². The second-order valence-electron chi connectivity index (χ2n) is 4.78. The predicted molar refractivity (Wildman–Crippen MR) is 96.8 cm³/mol. The van der Waals surface area contributed by atoms with Crippen molar-refractivity contribution in [3.63, 3.8) is 0 Å². The van der Waals surface area contributed by atoms with Crippen LogP contribution < -0.4 is 0 Å². The zero-order valence-corrected chi connectivity index (χ0v) is 14.0. The van der Waals surface area contributed by atoms with Crippen molar-refractivity contribution in [3.8, 4) is 0 Å². The summed E-state index contributed by atoms with van der Waals surface area (Å²) in [5, 5.41) is 0. The number of hydrogen-bond donors (Lipinski definition) is 0. The Morgan fingerprint density at radius 2 is 1.35 bits per heavy atom. The molecule has 0 aliphatic heterocycles. The Hall–Kier alpha value is -1.04. The van der Waals surface area contributed by atoms with Gasteiger partial charge in [-0.25, -0.2) is 0 Å². The van der Waals surface area contributed by atoms with E-state index in [1.165, 1.54) is 28.7 Å². The fourth-order valence-electron chi connectivity index (χ4n) is 2.07. The highest BCUT2D eigenvalue weighted by Gasteiger charge is 1.96. The maximum absolute atomic E-state index is 4.00. The lowest BCUT2D eigenvalue weighted by molar-refractivity contribution is 0.820. The van der Waals surface area contributed by atoms with E-state index in [0.29, 0.717) is 0 Å². The highest BCUT2D eigenvalue weighted by atomic mass is 32.7. The Kier molecular flexibility index (Phi) is 8.34. The molecule has 2 aromatic rings. The second-order valence-corrected chi connectivity index (χ2v) is 4.78. The van der Waals surface area contributed by atoms with Crippen molar-refractivity contribution in [3.05, 3.63) is 77.4 Å². The molecule has 2 aromatic carbocycles. The van der Waals surface area contributed by atoms with Crippen molar-refractivity contribution in [2.24, 2.45) is 0 Å². The van der Waals surface area contributed by atoms with Gasteiger partial charge in [-0.2, -0.15) is 0 Å². The van der Waals surface area contributed by atoms with E-state index in [1.807, 2.05) is 14.5 Å². The normalized spacial score (nSPS) is 9.55. The monoisotopic (exact) mass is 301 g/mol. The lowest BCUT2D eigenvalue weighted by Gasteiger charge is -2.03. The van der Waals surface area contributed by atoms with E-state index in [1.54, 1.807) is 0 Å². The summed E-state index contributed by atoms with van der Waals surface area (Å²) in [5.74, 6) is 0. The van der Waals surface area contributed by atoms with E-state index in [2.05, 4.69) is 74.3 Å². The van der Waals surface area contributed by atoms with Crippen molar-refractivity contribution in [1.29, 1.82) is 0 Å². The molecule has 0 heterocycles. The molecule has 0 saturated carbocycles. The lowest BCUT2D eigenvalue weighted by Crippen LogP contribution is -1.90. The molecule has 1 atom stereocenters. The summed E-state index contributed by atoms with van der Waals surface area (Å²) in [5.41, 5.74) is 5.37. The molecule has 0 saturated heterocycles. The first-order valence-electron chi connectivity index (χ1n) is 6.78. The molecule has 0 aromatic heterocycles. The lowest BCUT2D eigenvalue weighted by atomic mass is 10.0. The smallest absolute Gasteiger partial charge is 0.0262 e. The summed E-state index contributed by atoms with van der Waals surface area (Å²) in [6.07, 6.45) is 5.39. The second kappa shape index (κ2) is 9.80. The molecule has 0 N–H and O–H groups in total. The summed E-state index contributed by atoms with van der Waals surface area (Å²) >= 11 is 4.00. The quantitative estimate of drug-likeness (QED) is 0.544. The minimum atomic E-state index is 1.14. The van der Waals surface area contributed by atoms with Gasteiger partial charge in [-0.15, -0.1) is 0 Å². The van der Waals surface area contributed by atoms with Gasteiger partial charge in [-0.1, -0.05) is 66.7 Å². The molecular weight excluding hydrogens is 279 g/mol. The largest absolute Gasteiger partial charge is 0.765 e. The molecule has 1 unspecified atom stereocenters. The minimum Gasteiger partial charge on any atom is -0.765 e. The van der Waals surface area contributed by atoms with Crippen LogP contribution in [0.1, 0.15) is 28.7 Å². The Balaban J connectivity index is 0.000000956. The van der Waals surface area contributed by atoms with Crippen molar-refractivity contribution in [2.75, 3.05) is 0 Å². The van der Waals surface area contributed by atoms with Crippen LogP contribution in [0.25, 0.3) is 6.08 Å². The van der Waals surface area contributed by atoms with Crippen molar-refractivity contribution < 1.29 is 0 Å². The maximum atomic E-state index is 4.00. The molecule has 0 aliphatic rings. The van der Waals surface area contributed by atoms with Crippen molar-refractivity contribution in [2.45, 2.75) is 26.2 Å². The maximum Gasteiger partial charge on any atom is -0.0262 e. The highest BCUT2D eigenvalue weighted by molar-refractivity contribution is 8.17. The average Bonchev–Trinajstić information content (AvgIpc) is 2.52. The highest BCUT2D eigenvalue weighted by Crippen LogP contribution is 2.11. The molecule has 0 radical (unpaired) electrons. The van der Waals surface area contributed by atoms with Crippen LogP contribution in [0.5, 0.6) is 0 Å². The molecule has 0 aliphatic carbocycles. The zero-order chi connectivity index (χ0) is 14.8. The van der Waals surface area contributed by atoms with Crippen LogP contribution in [-0.2, 0) is 25.1 Å². The number of aryl methyl sites for hydroxylation is 3. The summed E-state index contributed by atoms with van der Waals surface area (Å²) < 4.78 is 0. The summed E-state index contributed by atoms with van der Waals surface area (Å²) in [6, 6.07) is 17.5. The van der Waals surface area contributed by atoms with Crippen LogP contribution in [0.3, 0.4) is 0 Å². The average molecular weight is 301 g/mol. The van der Waals surface area contributed by atoms with Gasteiger partial charge in [-0.05, 0) is 42.9 Å². The number of rotatable bonds is 5. The Bertz CT molecular complexity index is 500. The zero-order valence-electron chi connectivity index (χ0n) is 12.0. The molecular formula is C18H22PS-. The standard InChI is InChI=1S/C18H20.H2PS/c1-3-16-11-13-18(14-12-16)6-4-5-17-9-7-15(2)8-10-17;1-2/h3,7-14H,1,4-6H2,2H3;1H2/q;-1. The van der Waals surface area contributed by atoms with E-state index in [-0.39, 0.29) is 0 Å². The Morgan fingerprint density at radius 1 is 0.900 bits per heavy atom. The van der Waals surface area contributed by atoms with Crippen LogP contribution in [0.2, 0.25) is 0 Å². The third-order valence-corrected chi connectivity index (χ3v) is 3.27. The van der Waals surface area contributed by atoms with E-state index in [4.69, 9.17) is 0 Å². The van der Waals surface area contributed by atoms with Crippen LogP contribution in [0.4, 0.5) is 0 Å². The molecule has 0 nitrogen and oxygen atoms in total.